The third kappa shape index (κ3) is 1.74. The van der Waals surface area contributed by atoms with E-state index in [0.29, 0.717) is 6.04 Å². The quantitative estimate of drug-likeness (QED) is 0.828. The second kappa shape index (κ2) is 5.19. The summed E-state index contributed by atoms with van der Waals surface area (Å²) in [7, 11) is 4.02. The summed E-state index contributed by atoms with van der Waals surface area (Å²) in [6.07, 6.45) is 5.66. The molecule has 2 bridgehead atoms. The van der Waals surface area contributed by atoms with Gasteiger partial charge in [0, 0.05) is 17.0 Å². The molecule has 1 fully saturated rings. The van der Waals surface area contributed by atoms with Gasteiger partial charge in [0.1, 0.15) is 5.76 Å². The molecule has 0 N–H and O–H groups in total. The zero-order chi connectivity index (χ0) is 18.3. The summed E-state index contributed by atoms with van der Waals surface area (Å²) in [5.74, 6) is 2.84. The highest BCUT2D eigenvalue weighted by molar-refractivity contribution is 5.63. The van der Waals surface area contributed by atoms with E-state index < -0.39 is 0 Å². The van der Waals surface area contributed by atoms with E-state index in [9.17, 15) is 0 Å². The number of methoxy groups -OCH3 is 1. The van der Waals surface area contributed by atoms with Crippen LogP contribution < -0.4 is 9.47 Å². The molecule has 4 heteroatoms. The number of piperidine rings is 1. The van der Waals surface area contributed by atoms with Gasteiger partial charge in [-0.3, -0.25) is 0 Å². The van der Waals surface area contributed by atoms with Crippen molar-refractivity contribution < 1.29 is 14.2 Å². The molecule has 140 valence electrons. The molecule has 1 aromatic rings. The minimum Gasteiger partial charge on any atom is -0.493 e. The van der Waals surface area contributed by atoms with Gasteiger partial charge in [0.05, 0.1) is 18.6 Å². The van der Waals surface area contributed by atoms with Gasteiger partial charge in [0.15, 0.2) is 17.6 Å². The van der Waals surface area contributed by atoms with Crippen molar-refractivity contribution in [1.29, 1.82) is 0 Å². The van der Waals surface area contributed by atoms with Crippen LogP contribution in [0.2, 0.25) is 0 Å². The number of benzene rings is 1. The van der Waals surface area contributed by atoms with Crippen LogP contribution in [-0.4, -0.2) is 43.9 Å². The van der Waals surface area contributed by atoms with Crippen molar-refractivity contribution in [2.75, 3.05) is 20.7 Å². The Labute approximate surface area is 156 Å². The summed E-state index contributed by atoms with van der Waals surface area (Å²) in [5.41, 5.74) is 2.98. The van der Waals surface area contributed by atoms with Crippen molar-refractivity contribution in [2.45, 2.75) is 63.7 Å². The first-order valence-corrected chi connectivity index (χ1v) is 9.86. The lowest BCUT2D eigenvalue weighted by molar-refractivity contribution is -0.0938. The van der Waals surface area contributed by atoms with Crippen LogP contribution in [0.3, 0.4) is 0 Å². The van der Waals surface area contributed by atoms with E-state index in [1.807, 2.05) is 0 Å². The molecule has 1 aromatic carbocycles. The SMILES string of the molecule is COc1ccc2c3c1O[C@H]1C(OC(C)C)=CC[C@@]4(C)[C@@H](C2)N(C)CC[C@]314. The van der Waals surface area contributed by atoms with Crippen LogP contribution in [0, 0.1) is 5.41 Å². The summed E-state index contributed by atoms with van der Waals surface area (Å²) < 4.78 is 18.6. The second-order valence-corrected chi connectivity index (χ2v) is 8.95. The summed E-state index contributed by atoms with van der Waals surface area (Å²) in [5, 5.41) is 0. The molecule has 0 aromatic heterocycles. The van der Waals surface area contributed by atoms with Gasteiger partial charge in [-0.15, -0.1) is 0 Å². The van der Waals surface area contributed by atoms with Crippen molar-refractivity contribution in [3.63, 3.8) is 0 Å². The Balaban J connectivity index is 1.78. The first-order valence-electron chi connectivity index (χ1n) is 9.86. The van der Waals surface area contributed by atoms with Crippen LogP contribution in [0.15, 0.2) is 24.0 Å². The maximum atomic E-state index is 6.68. The predicted molar refractivity (Wildman–Crippen MR) is 101 cm³/mol. The van der Waals surface area contributed by atoms with Gasteiger partial charge < -0.3 is 19.1 Å². The second-order valence-electron chi connectivity index (χ2n) is 8.95. The van der Waals surface area contributed by atoms with Crippen molar-refractivity contribution in [2.24, 2.45) is 5.41 Å². The maximum Gasteiger partial charge on any atom is 0.166 e. The van der Waals surface area contributed by atoms with Gasteiger partial charge in [0.25, 0.3) is 0 Å². The van der Waals surface area contributed by atoms with E-state index in [-0.39, 0.29) is 23.0 Å². The minimum atomic E-state index is -0.0369. The number of hydrogen-bond donors (Lipinski definition) is 0. The van der Waals surface area contributed by atoms with E-state index in [1.54, 1.807) is 7.11 Å². The zero-order valence-electron chi connectivity index (χ0n) is 16.5. The predicted octanol–water partition coefficient (Wildman–Crippen LogP) is 3.67. The van der Waals surface area contributed by atoms with Crippen molar-refractivity contribution in [1.82, 2.24) is 4.90 Å². The molecule has 2 aliphatic carbocycles. The normalized spacial score (nSPS) is 37.1. The third-order valence-electron chi connectivity index (χ3n) is 7.47. The van der Waals surface area contributed by atoms with E-state index in [0.717, 1.165) is 43.1 Å². The third-order valence-corrected chi connectivity index (χ3v) is 7.47. The molecule has 1 saturated heterocycles. The number of nitrogens with zero attached hydrogens (tertiary/aromatic N) is 1. The highest BCUT2D eigenvalue weighted by Crippen LogP contribution is 2.68. The maximum absolute atomic E-state index is 6.68. The number of ether oxygens (including phenoxy) is 3. The smallest absolute Gasteiger partial charge is 0.166 e. The van der Waals surface area contributed by atoms with Crippen LogP contribution in [0.25, 0.3) is 0 Å². The largest absolute Gasteiger partial charge is 0.493 e. The Kier molecular flexibility index (Phi) is 3.29. The molecule has 4 aliphatic rings. The van der Waals surface area contributed by atoms with E-state index in [2.05, 4.69) is 50.9 Å². The molecule has 0 radical (unpaired) electrons. The fraction of sp³-hybridized carbons (Fsp3) is 0.636. The molecule has 4 atom stereocenters. The van der Waals surface area contributed by atoms with Crippen LogP contribution in [0.1, 0.15) is 44.7 Å². The Hall–Kier alpha value is -1.68. The van der Waals surface area contributed by atoms with Gasteiger partial charge in [-0.25, -0.2) is 0 Å². The van der Waals surface area contributed by atoms with Crippen LogP contribution in [0.4, 0.5) is 0 Å². The lowest BCUT2D eigenvalue weighted by Gasteiger charge is -2.63. The topological polar surface area (TPSA) is 30.9 Å². The van der Waals surface area contributed by atoms with Crippen LogP contribution in [-0.2, 0) is 16.6 Å². The Bertz CT molecular complexity index is 801. The monoisotopic (exact) mass is 355 g/mol. The molecule has 0 amide bonds. The zero-order valence-corrected chi connectivity index (χ0v) is 16.5. The van der Waals surface area contributed by atoms with Gasteiger partial charge in [0.2, 0.25) is 0 Å². The Morgan fingerprint density at radius 1 is 1.31 bits per heavy atom. The molecule has 0 unspecified atom stereocenters. The standard InChI is InChI=1S/C22H29NO3/c1-13(2)25-16-8-9-21(3)17-12-14-6-7-15(24-5)19-18(14)22(21,20(16)26-19)10-11-23(17)4/h6-8,13,17,20H,9-12H2,1-5H3/t17-,20+,21+,22+/m1/s1. The molecule has 4 nitrogen and oxygen atoms in total. The number of allylic oxidation sites excluding steroid dienone is 1. The minimum absolute atomic E-state index is 0.0133. The summed E-state index contributed by atoms with van der Waals surface area (Å²) in [6.45, 7) is 7.77. The molecule has 2 heterocycles. The number of likely N-dealkylation sites (N-methyl/N-ethyl adjacent to an activating group) is 1. The molecular weight excluding hydrogens is 326 g/mol. The van der Waals surface area contributed by atoms with Gasteiger partial charge >= 0.3 is 0 Å². The van der Waals surface area contributed by atoms with Crippen LogP contribution in [0.5, 0.6) is 11.5 Å². The fourth-order valence-electron chi connectivity index (χ4n) is 6.32. The number of likely N-dealkylation sites (tertiary alicyclic amines) is 1. The molecule has 0 saturated carbocycles. The number of hydrogen-bond acceptors (Lipinski definition) is 4. The first kappa shape index (κ1) is 16.5. The lowest BCUT2D eigenvalue weighted by atomic mass is 9.45. The average molecular weight is 355 g/mol. The summed E-state index contributed by atoms with van der Waals surface area (Å²) in [6, 6.07) is 4.87. The lowest BCUT2D eigenvalue weighted by Crippen LogP contribution is -2.69. The van der Waals surface area contributed by atoms with Crippen molar-refractivity contribution in [3.8, 4) is 11.5 Å². The van der Waals surface area contributed by atoms with Crippen molar-refractivity contribution >= 4 is 0 Å². The van der Waals surface area contributed by atoms with E-state index in [4.69, 9.17) is 14.2 Å². The Morgan fingerprint density at radius 3 is 2.85 bits per heavy atom. The summed E-state index contributed by atoms with van der Waals surface area (Å²) >= 11 is 0. The first-order chi connectivity index (χ1) is 12.4. The number of rotatable bonds is 3. The highest BCUT2D eigenvalue weighted by Gasteiger charge is 2.70. The van der Waals surface area contributed by atoms with Gasteiger partial charge in [-0.1, -0.05) is 13.0 Å². The molecular formula is C22H29NO3. The van der Waals surface area contributed by atoms with Gasteiger partial charge in [-0.05, 0) is 64.4 Å². The molecule has 2 aliphatic heterocycles. The molecule has 5 rings (SSSR count). The van der Waals surface area contributed by atoms with Gasteiger partial charge in [-0.2, -0.15) is 0 Å². The Morgan fingerprint density at radius 2 is 2.12 bits per heavy atom. The highest BCUT2D eigenvalue weighted by atomic mass is 16.6. The molecule has 1 spiro atoms. The molecule has 26 heavy (non-hydrogen) atoms. The van der Waals surface area contributed by atoms with E-state index in [1.165, 1.54) is 11.1 Å². The average Bonchev–Trinajstić information content (AvgIpc) is 2.95. The van der Waals surface area contributed by atoms with Crippen LogP contribution >= 0.6 is 0 Å². The fourth-order valence-corrected chi connectivity index (χ4v) is 6.32. The van der Waals surface area contributed by atoms with Crippen molar-refractivity contribution in [3.05, 3.63) is 35.1 Å². The van der Waals surface area contributed by atoms with E-state index >= 15 is 0 Å². The summed E-state index contributed by atoms with van der Waals surface area (Å²) in [4.78, 5) is 2.57.